The number of phenolic OH excluding ortho intramolecular Hbond substituents is 1. The van der Waals surface area contributed by atoms with Crippen LogP contribution in [0, 0.1) is 0 Å². The Morgan fingerprint density at radius 2 is 1.77 bits per heavy atom. The van der Waals surface area contributed by atoms with Gasteiger partial charge in [-0.1, -0.05) is 6.07 Å². The second-order valence-electron chi connectivity index (χ2n) is 11.7. The van der Waals surface area contributed by atoms with E-state index in [1.165, 1.54) is 36.5 Å². The Balaban J connectivity index is 1.05. The average Bonchev–Trinajstić information content (AvgIpc) is 3.80. The predicted octanol–water partition coefficient (Wildman–Crippen LogP) is 0.579. The van der Waals surface area contributed by atoms with E-state index in [1.54, 1.807) is 24.6 Å². The molecule has 2 saturated heterocycles. The Hall–Kier alpha value is -3.64. The molecule has 3 aliphatic rings. The zero-order valence-electron chi connectivity index (χ0n) is 25.4. The standard InChI is InChI=1S/C32H36N2O12S/c1-14(7-8-42-17-4-5-18-21(11-17)47-12-33-18)28-26(39)27(40)32(46-28)45-20-6-3-16(10-19(20)35)9-15(2)31(41)34-22-23(36)25(38)30-29(24(22)37)43-13-44-30/h3-7,9-12,22-30,32,35-40H,8,13H2,1-2H3,(H,34,41)/b14-7-,15-9?/t22-,23?,24-,25?,26+,27+,28-,29+,30?,32-/m1/s1. The number of aromatic nitrogens is 1. The van der Waals surface area contributed by atoms with Crippen LogP contribution in [0.4, 0.5) is 0 Å². The van der Waals surface area contributed by atoms with Crippen molar-refractivity contribution in [2.75, 3.05) is 13.4 Å². The second kappa shape index (κ2) is 13.8. The van der Waals surface area contributed by atoms with Crippen LogP contribution in [-0.2, 0) is 19.0 Å². The fourth-order valence-electron chi connectivity index (χ4n) is 5.82. The zero-order chi connectivity index (χ0) is 33.4. The minimum Gasteiger partial charge on any atom is -0.504 e. The molecule has 2 aliphatic heterocycles. The summed E-state index contributed by atoms with van der Waals surface area (Å²) in [6, 6.07) is 8.67. The molecule has 10 atom stereocenters. The van der Waals surface area contributed by atoms with Crippen molar-refractivity contribution in [3.8, 4) is 17.2 Å². The van der Waals surface area contributed by atoms with Crippen molar-refractivity contribution in [3.63, 3.8) is 0 Å². The van der Waals surface area contributed by atoms with Crippen molar-refractivity contribution in [1.82, 2.24) is 10.3 Å². The normalized spacial score (nSPS) is 32.7. The van der Waals surface area contributed by atoms with E-state index >= 15 is 0 Å². The molecule has 2 aromatic carbocycles. The summed E-state index contributed by atoms with van der Waals surface area (Å²) < 4.78 is 28.8. The van der Waals surface area contributed by atoms with Gasteiger partial charge in [0.15, 0.2) is 11.5 Å². The highest BCUT2D eigenvalue weighted by Crippen LogP contribution is 2.34. The number of aromatic hydroxyl groups is 1. The first kappa shape index (κ1) is 33.3. The number of ether oxygens (including phenoxy) is 5. The van der Waals surface area contributed by atoms with Gasteiger partial charge in [0, 0.05) is 5.57 Å². The van der Waals surface area contributed by atoms with E-state index in [2.05, 4.69) is 10.3 Å². The predicted molar refractivity (Wildman–Crippen MR) is 166 cm³/mol. The number of nitrogens with one attached hydrogen (secondary N) is 1. The summed E-state index contributed by atoms with van der Waals surface area (Å²) in [5.41, 5.74) is 3.86. The maximum Gasteiger partial charge on any atom is 0.247 e. The molecule has 252 valence electrons. The summed E-state index contributed by atoms with van der Waals surface area (Å²) in [7, 11) is 0. The number of thiazole rings is 1. The molecular formula is C32H36N2O12S. The quantitative estimate of drug-likeness (QED) is 0.123. The maximum absolute atomic E-state index is 12.9. The molecule has 7 N–H and O–H groups in total. The van der Waals surface area contributed by atoms with Crippen molar-refractivity contribution >= 4 is 33.5 Å². The number of hydrogen-bond donors (Lipinski definition) is 7. The second-order valence-corrected chi connectivity index (χ2v) is 12.6. The number of benzene rings is 2. The monoisotopic (exact) mass is 672 g/mol. The number of rotatable bonds is 9. The lowest BCUT2D eigenvalue weighted by Gasteiger charge is -2.41. The van der Waals surface area contributed by atoms with E-state index in [0.717, 1.165) is 10.2 Å². The summed E-state index contributed by atoms with van der Waals surface area (Å²) >= 11 is 1.51. The number of nitrogens with zero attached hydrogens (tertiary/aromatic N) is 1. The topological polar surface area (TPSA) is 210 Å². The minimum absolute atomic E-state index is 0.0274. The Labute approximate surface area is 273 Å². The van der Waals surface area contributed by atoms with Crippen LogP contribution in [0.5, 0.6) is 17.2 Å². The summed E-state index contributed by atoms with van der Waals surface area (Å²) in [5, 5.41) is 65.9. The molecule has 15 heteroatoms. The van der Waals surface area contributed by atoms with E-state index < -0.39 is 67.1 Å². The van der Waals surface area contributed by atoms with Crippen LogP contribution < -0.4 is 14.8 Å². The molecule has 1 aromatic heterocycles. The SMILES string of the molecule is CC(=Cc1ccc(O[C@@H]2O[C@H](/C(C)=C\COc3ccc4ncsc4c3)[C@@H](O)[C@@H]2O)c(O)c1)C(=O)N[C@@H]1C(O)C(O)C2OCO[C@H]2[C@@H]1O. The lowest BCUT2D eigenvalue weighted by Crippen LogP contribution is -2.67. The highest BCUT2D eigenvalue weighted by Gasteiger charge is 2.53. The van der Waals surface area contributed by atoms with Crippen LogP contribution in [0.25, 0.3) is 16.3 Å². The number of carbonyl (C=O) groups excluding carboxylic acids is 1. The Morgan fingerprint density at radius 3 is 2.53 bits per heavy atom. The van der Waals surface area contributed by atoms with Crippen LogP contribution in [0.3, 0.4) is 0 Å². The molecule has 6 rings (SSSR count). The molecule has 0 bridgehead atoms. The third-order valence-electron chi connectivity index (χ3n) is 8.50. The van der Waals surface area contributed by atoms with Gasteiger partial charge in [0.05, 0.1) is 21.8 Å². The number of phenols is 1. The first-order valence-electron chi connectivity index (χ1n) is 14.9. The van der Waals surface area contributed by atoms with Gasteiger partial charge in [0.25, 0.3) is 0 Å². The number of hydrogen-bond acceptors (Lipinski definition) is 14. The molecule has 1 amide bonds. The highest BCUT2D eigenvalue weighted by molar-refractivity contribution is 7.16. The van der Waals surface area contributed by atoms with Crippen molar-refractivity contribution in [3.05, 3.63) is 64.7 Å². The molecule has 3 heterocycles. The minimum atomic E-state index is -1.49. The molecule has 14 nitrogen and oxygen atoms in total. The van der Waals surface area contributed by atoms with Crippen LogP contribution in [0.2, 0.25) is 0 Å². The van der Waals surface area contributed by atoms with Crippen molar-refractivity contribution in [1.29, 1.82) is 0 Å². The summed E-state index contributed by atoms with van der Waals surface area (Å²) in [6.07, 6.45) is -7.67. The molecule has 0 spiro atoms. The molecule has 3 fully saturated rings. The fourth-order valence-corrected chi connectivity index (χ4v) is 6.52. The summed E-state index contributed by atoms with van der Waals surface area (Å²) in [5.74, 6) is -0.307. The van der Waals surface area contributed by atoms with Crippen LogP contribution in [-0.4, -0.2) is 116 Å². The number of fused-ring (bicyclic) bond motifs is 2. The van der Waals surface area contributed by atoms with Gasteiger partial charge in [-0.3, -0.25) is 4.79 Å². The van der Waals surface area contributed by atoms with E-state index in [4.69, 9.17) is 23.7 Å². The van der Waals surface area contributed by atoms with Gasteiger partial charge in [-0.25, -0.2) is 4.98 Å². The Bertz CT molecular complexity index is 1660. The van der Waals surface area contributed by atoms with Crippen LogP contribution in [0.1, 0.15) is 19.4 Å². The van der Waals surface area contributed by atoms with Crippen LogP contribution >= 0.6 is 11.3 Å². The van der Waals surface area contributed by atoms with Gasteiger partial charge < -0.3 is 59.6 Å². The number of carbonyl (C=O) groups is 1. The van der Waals surface area contributed by atoms with Gasteiger partial charge in [0.1, 0.15) is 68.0 Å². The van der Waals surface area contributed by atoms with E-state index in [-0.39, 0.29) is 30.5 Å². The summed E-state index contributed by atoms with van der Waals surface area (Å²) in [4.78, 5) is 17.1. The molecular weight excluding hydrogens is 636 g/mol. The molecule has 3 unspecified atom stereocenters. The number of amides is 1. The van der Waals surface area contributed by atoms with Crippen molar-refractivity contribution in [2.45, 2.75) is 75.0 Å². The average molecular weight is 673 g/mol. The molecule has 0 radical (unpaired) electrons. The number of aliphatic hydroxyl groups excluding tert-OH is 5. The van der Waals surface area contributed by atoms with E-state index in [9.17, 15) is 35.4 Å². The zero-order valence-corrected chi connectivity index (χ0v) is 26.2. The Kier molecular flexibility index (Phi) is 9.80. The fraction of sp³-hybridized carbons (Fsp3) is 0.438. The van der Waals surface area contributed by atoms with Crippen molar-refractivity contribution in [2.24, 2.45) is 0 Å². The molecule has 47 heavy (non-hydrogen) atoms. The van der Waals surface area contributed by atoms with Crippen molar-refractivity contribution < 1.29 is 59.1 Å². The Morgan fingerprint density at radius 1 is 1.00 bits per heavy atom. The third-order valence-corrected chi connectivity index (χ3v) is 9.29. The first-order chi connectivity index (χ1) is 22.5. The van der Waals surface area contributed by atoms with Crippen LogP contribution in [0.15, 0.2) is 59.1 Å². The van der Waals surface area contributed by atoms with Gasteiger partial charge in [-0.05, 0) is 67.5 Å². The van der Waals surface area contributed by atoms with Gasteiger partial charge >= 0.3 is 0 Å². The number of aliphatic hydroxyl groups is 5. The lowest BCUT2D eigenvalue weighted by molar-refractivity contribution is -0.155. The summed E-state index contributed by atoms with van der Waals surface area (Å²) in [6.45, 7) is 3.29. The van der Waals surface area contributed by atoms with Gasteiger partial charge in [-0.15, -0.1) is 11.3 Å². The highest BCUT2D eigenvalue weighted by atomic mass is 32.1. The van der Waals surface area contributed by atoms with E-state index in [0.29, 0.717) is 16.9 Å². The molecule has 1 saturated carbocycles. The largest absolute Gasteiger partial charge is 0.504 e. The lowest BCUT2D eigenvalue weighted by atomic mass is 9.83. The van der Waals surface area contributed by atoms with Gasteiger partial charge in [-0.2, -0.15) is 0 Å². The molecule has 1 aliphatic carbocycles. The van der Waals surface area contributed by atoms with Gasteiger partial charge in [0.2, 0.25) is 12.2 Å². The smallest absolute Gasteiger partial charge is 0.247 e. The first-order valence-corrected chi connectivity index (χ1v) is 15.8. The molecule has 3 aromatic rings. The van der Waals surface area contributed by atoms with E-state index in [1.807, 2.05) is 18.2 Å². The third kappa shape index (κ3) is 6.85. The maximum atomic E-state index is 12.9.